The zero-order valence-corrected chi connectivity index (χ0v) is 11.2. The van der Waals surface area contributed by atoms with Gasteiger partial charge < -0.3 is 15.6 Å². The highest BCUT2D eigenvalue weighted by Gasteiger charge is 2.12. The van der Waals surface area contributed by atoms with Crippen molar-refractivity contribution in [2.45, 2.75) is 6.10 Å². The first-order valence-corrected chi connectivity index (χ1v) is 6.31. The summed E-state index contributed by atoms with van der Waals surface area (Å²) in [6, 6.07) is 15.1. The number of aliphatic hydroxyl groups is 1. The minimum atomic E-state index is -0.862. The predicted octanol–water partition coefficient (Wildman–Crippen LogP) is 1.77. The number of primary amides is 1. The average Bonchev–Trinajstić information content (AvgIpc) is 2.52. The van der Waals surface area contributed by atoms with E-state index in [1.807, 2.05) is 6.07 Å². The summed E-state index contributed by atoms with van der Waals surface area (Å²) in [6.07, 6.45) is -0.862. The zero-order chi connectivity index (χ0) is 15.2. The topological polar surface area (TPSA) is 96.3 Å². The van der Waals surface area contributed by atoms with E-state index < -0.39 is 12.0 Å². The molecule has 1 amide bonds. The van der Waals surface area contributed by atoms with Crippen LogP contribution in [0.25, 0.3) is 0 Å². The maximum absolute atomic E-state index is 11.3. The van der Waals surface area contributed by atoms with Crippen molar-refractivity contribution >= 4 is 5.91 Å². The molecule has 2 aromatic rings. The van der Waals surface area contributed by atoms with Crippen molar-refractivity contribution in [3.05, 3.63) is 65.2 Å². The number of aliphatic hydroxyl groups excluding tert-OH is 1. The minimum absolute atomic E-state index is 0.0177. The number of rotatable bonds is 5. The van der Waals surface area contributed by atoms with Crippen LogP contribution in [-0.4, -0.2) is 17.6 Å². The van der Waals surface area contributed by atoms with E-state index in [1.165, 1.54) is 0 Å². The fourth-order valence-electron chi connectivity index (χ4n) is 1.84. The van der Waals surface area contributed by atoms with Crippen LogP contribution in [-0.2, 0) is 0 Å². The van der Waals surface area contributed by atoms with Crippen LogP contribution in [0.4, 0.5) is 0 Å². The van der Waals surface area contributed by atoms with Gasteiger partial charge in [-0.1, -0.05) is 24.3 Å². The normalized spacial score (nSPS) is 11.4. The number of carbonyl (C=O) groups is 1. The van der Waals surface area contributed by atoms with Gasteiger partial charge in [0.25, 0.3) is 5.91 Å². The van der Waals surface area contributed by atoms with Gasteiger partial charge in [-0.3, -0.25) is 4.79 Å². The molecular weight excluding hydrogens is 268 g/mol. The molecule has 0 fully saturated rings. The van der Waals surface area contributed by atoms with Crippen molar-refractivity contribution in [2.24, 2.45) is 5.73 Å². The molecule has 5 heteroatoms. The van der Waals surface area contributed by atoms with E-state index in [4.69, 9.17) is 15.7 Å². The number of hydrogen-bond donors (Lipinski definition) is 2. The molecule has 0 aliphatic rings. The van der Waals surface area contributed by atoms with E-state index >= 15 is 0 Å². The third kappa shape index (κ3) is 3.59. The second-order valence-corrected chi connectivity index (χ2v) is 4.42. The van der Waals surface area contributed by atoms with E-state index in [-0.39, 0.29) is 12.2 Å². The van der Waals surface area contributed by atoms with E-state index in [0.717, 1.165) is 0 Å². The smallest absolute Gasteiger partial charge is 0.252 e. The summed E-state index contributed by atoms with van der Waals surface area (Å²) < 4.78 is 5.46. The number of hydrogen-bond acceptors (Lipinski definition) is 4. The van der Waals surface area contributed by atoms with E-state index in [2.05, 4.69) is 0 Å². The van der Waals surface area contributed by atoms with Crippen LogP contribution >= 0.6 is 0 Å². The molecule has 0 aromatic heterocycles. The maximum atomic E-state index is 11.3. The highest BCUT2D eigenvalue weighted by Crippen LogP contribution is 2.20. The molecular formula is C16H14N2O3. The molecule has 0 spiro atoms. The molecule has 1 unspecified atom stereocenters. The monoisotopic (exact) mass is 282 g/mol. The standard InChI is InChI=1S/C16H14N2O3/c17-9-11-5-7-12(8-6-11)14(19)10-21-15-4-2-1-3-13(15)16(18)20/h1-8,14,19H,10H2,(H2,18,20). The van der Waals surface area contributed by atoms with Gasteiger partial charge in [-0.2, -0.15) is 5.26 Å². The van der Waals surface area contributed by atoms with E-state index in [9.17, 15) is 9.90 Å². The Hall–Kier alpha value is -2.84. The number of benzene rings is 2. The van der Waals surface area contributed by atoms with Crippen molar-refractivity contribution in [1.82, 2.24) is 0 Å². The first-order chi connectivity index (χ1) is 10.1. The van der Waals surface area contributed by atoms with Gasteiger partial charge in [0.2, 0.25) is 0 Å². The Morgan fingerprint density at radius 3 is 2.52 bits per heavy atom. The summed E-state index contributed by atoms with van der Waals surface area (Å²) in [6.45, 7) is -0.0177. The SMILES string of the molecule is N#Cc1ccc(C(O)COc2ccccc2C(N)=O)cc1. The summed E-state index contributed by atoms with van der Waals surface area (Å²) in [5.41, 5.74) is 6.67. The molecule has 5 nitrogen and oxygen atoms in total. The number of nitrogens with two attached hydrogens (primary N) is 1. The Balaban J connectivity index is 2.05. The second-order valence-electron chi connectivity index (χ2n) is 4.42. The maximum Gasteiger partial charge on any atom is 0.252 e. The van der Waals surface area contributed by atoms with E-state index in [0.29, 0.717) is 16.9 Å². The van der Waals surface area contributed by atoms with Crippen LogP contribution in [0.15, 0.2) is 48.5 Å². The Morgan fingerprint density at radius 1 is 1.24 bits per heavy atom. The van der Waals surface area contributed by atoms with Gasteiger partial charge in [0.1, 0.15) is 18.5 Å². The highest BCUT2D eigenvalue weighted by molar-refractivity contribution is 5.95. The van der Waals surface area contributed by atoms with Crippen LogP contribution in [0.1, 0.15) is 27.6 Å². The number of carbonyl (C=O) groups excluding carboxylic acids is 1. The van der Waals surface area contributed by atoms with Crippen molar-refractivity contribution in [3.8, 4) is 11.8 Å². The van der Waals surface area contributed by atoms with Crippen LogP contribution in [0.2, 0.25) is 0 Å². The van der Waals surface area contributed by atoms with Crippen LogP contribution in [0, 0.1) is 11.3 Å². The molecule has 1 atom stereocenters. The van der Waals surface area contributed by atoms with Crippen LogP contribution in [0.3, 0.4) is 0 Å². The Bertz CT molecular complexity index is 675. The lowest BCUT2D eigenvalue weighted by Gasteiger charge is -2.14. The van der Waals surface area contributed by atoms with Crippen molar-refractivity contribution in [1.29, 1.82) is 5.26 Å². The van der Waals surface area contributed by atoms with E-state index in [1.54, 1.807) is 48.5 Å². The quantitative estimate of drug-likeness (QED) is 0.873. The molecule has 0 saturated heterocycles. The largest absolute Gasteiger partial charge is 0.490 e. The first kappa shape index (κ1) is 14.6. The summed E-state index contributed by atoms with van der Waals surface area (Å²) in [5.74, 6) is -0.254. The summed E-state index contributed by atoms with van der Waals surface area (Å²) >= 11 is 0. The summed E-state index contributed by atoms with van der Waals surface area (Å²) in [7, 11) is 0. The third-order valence-electron chi connectivity index (χ3n) is 2.97. The number of amides is 1. The van der Waals surface area contributed by atoms with Crippen molar-refractivity contribution in [3.63, 3.8) is 0 Å². The molecule has 0 heterocycles. The van der Waals surface area contributed by atoms with Gasteiger partial charge in [-0.05, 0) is 29.8 Å². The molecule has 0 aliphatic heterocycles. The molecule has 2 aromatic carbocycles. The van der Waals surface area contributed by atoms with Crippen LogP contribution < -0.4 is 10.5 Å². The fourth-order valence-corrected chi connectivity index (χ4v) is 1.84. The minimum Gasteiger partial charge on any atom is -0.490 e. The van der Waals surface area contributed by atoms with Gasteiger partial charge >= 0.3 is 0 Å². The number of nitriles is 1. The number of para-hydroxylation sites is 1. The molecule has 0 saturated carbocycles. The lowest BCUT2D eigenvalue weighted by Crippen LogP contribution is -2.15. The summed E-state index contributed by atoms with van der Waals surface area (Å²) in [5, 5.41) is 18.8. The van der Waals surface area contributed by atoms with Gasteiger partial charge in [-0.15, -0.1) is 0 Å². The number of ether oxygens (including phenoxy) is 1. The van der Waals surface area contributed by atoms with Crippen molar-refractivity contribution < 1.29 is 14.6 Å². The fraction of sp³-hybridized carbons (Fsp3) is 0.125. The molecule has 0 aliphatic carbocycles. The molecule has 0 radical (unpaired) electrons. The predicted molar refractivity (Wildman–Crippen MR) is 76.6 cm³/mol. The summed E-state index contributed by atoms with van der Waals surface area (Å²) in [4.78, 5) is 11.3. The lowest BCUT2D eigenvalue weighted by molar-refractivity contribution is 0.0967. The van der Waals surface area contributed by atoms with Gasteiger partial charge in [0.15, 0.2) is 0 Å². The highest BCUT2D eigenvalue weighted by atomic mass is 16.5. The Kier molecular flexibility index (Phi) is 4.54. The van der Waals surface area contributed by atoms with Crippen molar-refractivity contribution in [2.75, 3.05) is 6.61 Å². The lowest BCUT2D eigenvalue weighted by atomic mass is 10.1. The Labute approximate surface area is 122 Å². The number of nitrogens with zero attached hydrogens (tertiary/aromatic N) is 1. The first-order valence-electron chi connectivity index (χ1n) is 6.31. The molecule has 0 bridgehead atoms. The van der Waals surface area contributed by atoms with Gasteiger partial charge in [0, 0.05) is 0 Å². The second kappa shape index (κ2) is 6.55. The van der Waals surface area contributed by atoms with Crippen LogP contribution in [0.5, 0.6) is 5.75 Å². The van der Waals surface area contributed by atoms with Gasteiger partial charge in [-0.25, -0.2) is 0 Å². The molecule has 2 rings (SSSR count). The Morgan fingerprint density at radius 2 is 1.90 bits per heavy atom. The molecule has 21 heavy (non-hydrogen) atoms. The average molecular weight is 282 g/mol. The third-order valence-corrected chi connectivity index (χ3v) is 2.97. The zero-order valence-electron chi connectivity index (χ0n) is 11.2. The molecule has 106 valence electrons. The van der Waals surface area contributed by atoms with Gasteiger partial charge in [0.05, 0.1) is 17.2 Å². The molecule has 3 N–H and O–H groups in total.